The molecule has 0 amide bonds. The second kappa shape index (κ2) is 12.7. The fourth-order valence-corrected chi connectivity index (χ4v) is 6.27. The van der Waals surface area contributed by atoms with Crippen LogP contribution in [0.2, 0.25) is 0 Å². The first-order valence-corrected chi connectivity index (χ1v) is 14.5. The lowest BCUT2D eigenvalue weighted by atomic mass is 9.78. The van der Waals surface area contributed by atoms with E-state index in [0.717, 1.165) is 28.9 Å². The lowest BCUT2D eigenvalue weighted by Crippen LogP contribution is -2.31. The maximum absolute atomic E-state index is 13.6. The molecule has 0 spiro atoms. The predicted molar refractivity (Wildman–Crippen MR) is 166 cm³/mol. The van der Waals surface area contributed by atoms with Gasteiger partial charge in [0.1, 0.15) is 24.7 Å². The van der Waals surface area contributed by atoms with Crippen LogP contribution in [-0.4, -0.2) is 47.5 Å². The van der Waals surface area contributed by atoms with Crippen molar-refractivity contribution in [2.24, 2.45) is 0 Å². The Labute approximate surface area is 265 Å². The van der Waals surface area contributed by atoms with Gasteiger partial charge in [-0.15, -0.1) is 0 Å². The van der Waals surface area contributed by atoms with Crippen LogP contribution >= 0.6 is 0 Å². The van der Waals surface area contributed by atoms with Gasteiger partial charge in [0.2, 0.25) is 11.4 Å². The standard InChI is InChI=1S/C35H33F3N4O4/c1-22-6-9-29-26(16-22)34(4,5)32(42(29)13-12-31(44)45)24(20-40)17-23(19-39)7-11-30-33(2,3)27-18-25(35(36,37)38)8-10-28(27)41(30)14-15-46-21-43/h6-11,16-18,21H,12-15H2,1-5H3/p+1. The van der Waals surface area contributed by atoms with E-state index >= 15 is 0 Å². The summed E-state index contributed by atoms with van der Waals surface area (Å²) < 4.78 is 47.5. The average molecular weight is 632 g/mol. The van der Waals surface area contributed by atoms with Gasteiger partial charge in [-0.1, -0.05) is 25.5 Å². The van der Waals surface area contributed by atoms with Crippen molar-refractivity contribution < 1.29 is 37.2 Å². The quantitative estimate of drug-likeness (QED) is 0.103. The zero-order chi connectivity index (χ0) is 34.0. The molecule has 0 unspecified atom stereocenters. The summed E-state index contributed by atoms with van der Waals surface area (Å²) in [5.41, 5.74) is 2.65. The highest BCUT2D eigenvalue weighted by Crippen LogP contribution is 2.49. The zero-order valence-corrected chi connectivity index (χ0v) is 26.2. The van der Waals surface area contributed by atoms with Crippen LogP contribution in [0.3, 0.4) is 0 Å². The van der Waals surface area contributed by atoms with E-state index in [4.69, 9.17) is 4.74 Å². The molecule has 0 aromatic heterocycles. The Balaban J connectivity index is 1.84. The summed E-state index contributed by atoms with van der Waals surface area (Å²) in [5, 5.41) is 29.9. The number of anilines is 1. The molecule has 0 aliphatic carbocycles. The van der Waals surface area contributed by atoms with Gasteiger partial charge >= 0.3 is 12.1 Å². The van der Waals surface area contributed by atoms with E-state index in [1.807, 2.05) is 43.5 Å². The minimum absolute atomic E-state index is 0.0235. The number of carbonyl (C=O) groups is 2. The molecule has 2 aliphatic heterocycles. The number of hydrogen-bond acceptors (Lipinski definition) is 6. The van der Waals surface area contributed by atoms with E-state index in [1.54, 1.807) is 24.8 Å². The normalized spacial score (nSPS) is 17.8. The third-order valence-corrected chi connectivity index (χ3v) is 8.47. The first-order valence-electron chi connectivity index (χ1n) is 14.5. The van der Waals surface area contributed by atoms with Crippen molar-refractivity contribution >= 4 is 29.5 Å². The fourth-order valence-electron chi connectivity index (χ4n) is 6.27. The SMILES string of the molecule is Cc1ccc2c(c1)C(C)(C)C(/C(C#N)=C/C(C#N)=C/C=C1/N(CCOC=O)c3ccc(C(F)(F)F)cc3C1(C)C)=[N+]2CCC(=O)O. The summed E-state index contributed by atoms with van der Waals surface area (Å²) in [6, 6.07) is 13.6. The number of aryl methyl sites for hydroxylation is 1. The summed E-state index contributed by atoms with van der Waals surface area (Å²) >= 11 is 0. The lowest BCUT2D eigenvalue weighted by Gasteiger charge is -2.26. The number of allylic oxidation sites excluding steroid dienone is 6. The highest BCUT2D eigenvalue weighted by molar-refractivity contribution is 6.10. The smallest absolute Gasteiger partial charge is 0.416 e. The monoisotopic (exact) mass is 631 g/mol. The summed E-state index contributed by atoms with van der Waals surface area (Å²) in [6.45, 7) is 9.91. The molecule has 0 saturated carbocycles. The fraction of sp³-hybridized carbons (Fsp3) is 0.343. The summed E-state index contributed by atoms with van der Waals surface area (Å²) in [4.78, 5) is 24.1. The minimum Gasteiger partial charge on any atom is -0.481 e. The van der Waals surface area contributed by atoms with Gasteiger partial charge in [0.05, 0.1) is 29.2 Å². The molecule has 46 heavy (non-hydrogen) atoms. The van der Waals surface area contributed by atoms with E-state index in [0.29, 0.717) is 29.1 Å². The zero-order valence-electron chi connectivity index (χ0n) is 26.2. The van der Waals surface area contributed by atoms with E-state index in [-0.39, 0.29) is 37.3 Å². The number of carboxylic acids is 1. The van der Waals surface area contributed by atoms with Crippen LogP contribution < -0.4 is 4.90 Å². The number of benzene rings is 2. The highest BCUT2D eigenvalue weighted by atomic mass is 19.4. The van der Waals surface area contributed by atoms with Gasteiger partial charge < -0.3 is 14.7 Å². The van der Waals surface area contributed by atoms with E-state index < -0.39 is 28.5 Å². The number of fused-ring (bicyclic) bond motifs is 2. The Bertz CT molecular complexity index is 1800. The molecular formula is C35H34F3N4O4+. The van der Waals surface area contributed by atoms with Crippen molar-refractivity contribution in [3.8, 4) is 12.1 Å². The second-order valence-electron chi connectivity index (χ2n) is 12.2. The second-order valence-corrected chi connectivity index (χ2v) is 12.2. The Hall–Kier alpha value is -5.16. The minimum atomic E-state index is -4.54. The van der Waals surface area contributed by atoms with Crippen LogP contribution in [-0.2, 0) is 31.3 Å². The van der Waals surface area contributed by atoms with Gasteiger partial charge in [0.15, 0.2) is 6.54 Å². The largest absolute Gasteiger partial charge is 0.481 e. The molecule has 4 rings (SSSR count). The first-order chi connectivity index (χ1) is 21.6. The van der Waals surface area contributed by atoms with E-state index in [9.17, 15) is 38.4 Å². The van der Waals surface area contributed by atoms with E-state index in [1.165, 1.54) is 18.2 Å². The van der Waals surface area contributed by atoms with Crippen molar-refractivity contribution in [3.63, 3.8) is 0 Å². The van der Waals surface area contributed by atoms with Gasteiger partial charge in [0, 0.05) is 28.4 Å². The van der Waals surface area contributed by atoms with Crippen molar-refractivity contribution in [3.05, 3.63) is 93.7 Å². The van der Waals surface area contributed by atoms with Crippen LogP contribution in [0, 0.1) is 29.6 Å². The van der Waals surface area contributed by atoms with Gasteiger partial charge in [-0.3, -0.25) is 9.59 Å². The summed E-state index contributed by atoms with van der Waals surface area (Å²) in [5.74, 6) is -0.991. The summed E-state index contributed by atoms with van der Waals surface area (Å²) in [7, 11) is 0. The molecule has 2 aromatic rings. The number of aliphatic carboxylic acids is 1. The number of carboxylic acid groups (broad SMARTS) is 1. The van der Waals surface area contributed by atoms with Gasteiger partial charge in [-0.2, -0.15) is 28.3 Å². The number of alkyl halides is 3. The Morgan fingerprint density at radius 3 is 2.39 bits per heavy atom. The molecule has 0 saturated heterocycles. The first kappa shape index (κ1) is 33.7. The molecule has 0 bridgehead atoms. The maximum atomic E-state index is 13.6. The summed E-state index contributed by atoms with van der Waals surface area (Å²) in [6.07, 6.45) is -0.147. The van der Waals surface area contributed by atoms with Gasteiger partial charge in [-0.25, -0.2) is 0 Å². The highest BCUT2D eigenvalue weighted by Gasteiger charge is 2.48. The number of halogens is 3. The molecule has 0 radical (unpaired) electrons. The molecule has 238 valence electrons. The van der Waals surface area contributed by atoms with Crippen molar-refractivity contribution in [1.82, 2.24) is 0 Å². The number of nitrogens with zero attached hydrogens (tertiary/aromatic N) is 4. The number of ether oxygens (including phenoxy) is 1. The molecule has 8 nitrogen and oxygen atoms in total. The number of carbonyl (C=O) groups excluding carboxylic acids is 1. The molecule has 2 aliphatic rings. The molecule has 2 heterocycles. The molecule has 1 N–H and O–H groups in total. The van der Waals surface area contributed by atoms with Crippen molar-refractivity contribution in [2.75, 3.05) is 24.6 Å². The number of rotatable bonds is 10. The molecule has 2 aromatic carbocycles. The molecule has 11 heteroatoms. The Kier molecular flexibility index (Phi) is 9.30. The molecule has 0 atom stereocenters. The Morgan fingerprint density at radius 1 is 1.07 bits per heavy atom. The van der Waals surface area contributed by atoms with Crippen molar-refractivity contribution in [2.45, 2.75) is 58.0 Å². The van der Waals surface area contributed by atoms with Crippen LogP contribution in [0.5, 0.6) is 0 Å². The predicted octanol–water partition coefficient (Wildman–Crippen LogP) is 6.62. The average Bonchev–Trinajstić information content (AvgIpc) is 3.34. The van der Waals surface area contributed by atoms with Crippen LogP contribution in [0.15, 0.2) is 71.5 Å². The number of hydrogen-bond donors (Lipinski definition) is 1. The van der Waals surface area contributed by atoms with Crippen LogP contribution in [0.25, 0.3) is 0 Å². The number of nitriles is 2. The third-order valence-electron chi connectivity index (χ3n) is 8.47. The van der Waals surface area contributed by atoms with Crippen LogP contribution in [0.4, 0.5) is 24.5 Å². The molecular weight excluding hydrogens is 597 g/mol. The maximum Gasteiger partial charge on any atom is 0.416 e. The van der Waals surface area contributed by atoms with Gasteiger partial charge in [0.25, 0.3) is 6.47 Å². The van der Waals surface area contributed by atoms with E-state index in [2.05, 4.69) is 12.1 Å². The lowest BCUT2D eigenvalue weighted by molar-refractivity contribution is -0.437. The topological polar surface area (TPSA) is 117 Å². The third kappa shape index (κ3) is 6.32. The molecule has 0 fully saturated rings. The Morgan fingerprint density at radius 2 is 1.78 bits per heavy atom. The van der Waals surface area contributed by atoms with Gasteiger partial charge in [-0.05, 0) is 68.8 Å². The van der Waals surface area contributed by atoms with Crippen molar-refractivity contribution in [1.29, 1.82) is 10.5 Å². The van der Waals surface area contributed by atoms with Crippen LogP contribution in [0.1, 0.15) is 56.4 Å².